The molecule has 1 saturated carbocycles. The first kappa shape index (κ1) is 25.2. The molecule has 37 heavy (non-hydrogen) atoms. The summed E-state index contributed by atoms with van der Waals surface area (Å²) in [5.74, 6) is 0.456. The van der Waals surface area contributed by atoms with E-state index in [1.54, 1.807) is 17.5 Å². The Labute approximate surface area is 221 Å². The van der Waals surface area contributed by atoms with Crippen LogP contribution in [-0.2, 0) is 11.3 Å². The molecule has 4 aromatic rings. The second-order valence-electron chi connectivity index (χ2n) is 10.4. The number of hydrogen-bond acceptors (Lipinski definition) is 4. The summed E-state index contributed by atoms with van der Waals surface area (Å²) in [6, 6.07) is 17.1. The lowest BCUT2D eigenvalue weighted by Crippen LogP contribution is -2.23. The number of thiazole rings is 1. The number of rotatable bonds is 8. The number of nitrogens with one attached hydrogen (secondary N) is 1. The molecule has 2 N–H and O–H groups in total. The summed E-state index contributed by atoms with van der Waals surface area (Å²) in [6.07, 6.45) is 8.19. The van der Waals surface area contributed by atoms with Crippen LogP contribution >= 0.6 is 11.3 Å². The molecule has 0 aliphatic heterocycles. The average Bonchev–Trinajstić information content (AvgIpc) is 3.48. The van der Waals surface area contributed by atoms with Crippen LogP contribution in [0.5, 0.6) is 0 Å². The summed E-state index contributed by atoms with van der Waals surface area (Å²) in [7, 11) is 0. The molecular formula is C30H33N3O3S. The van der Waals surface area contributed by atoms with Crippen molar-refractivity contribution < 1.29 is 14.7 Å². The fourth-order valence-electron chi connectivity index (χ4n) is 5.20. The fraction of sp³-hybridized carbons (Fsp3) is 0.367. The van der Waals surface area contributed by atoms with E-state index >= 15 is 0 Å². The van der Waals surface area contributed by atoms with Gasteiger partial charge in [-0.25, -0.2) is 4.98 Å². The summed E-state index contributed by atoms with van der Waals surface area (Å²) in [5, 5.41) is 12.0. The van der Waals surface area contributed by atoms with Crippen LogP contribution in [0.3, 0.4) is 0 Å². The van der Waals surface area contributed by atoms with Crippen molar-refractivity contribution in [1.29, 1.82) is 0 Å². The Morgan fingerprint density at radius 3 is 2.35 bits per heavy atom. The number of benzene rings is 2. The van der Waals surface area contributed by atoms with E-state index in [4.69, 9.17) is 5.11 Å². The quantitative estimate of drug-likeness (QED) is 0.268. The summed E-state index contributed by atoms with van der Waals surface area (Å²) >= 11 is 1.57. The number of aliphatic carboxylic acids is 1. The molecule has 6 nitrogen and oxygen atoms in total. The van der Waals surface area contributed by atoms with Crippen molar-refractivity contribution in [3.63, 3.8) is 0 Å². The summed E-state index contributed by atoms with van der Waals surface area (Å²) in [4.78, 5) is 30.1. The third-order valence-corrected chi connectivity index (χ3v) is 8.51. The first-order valence-corrected chi connectivity index (χ1v) is 13.8. The number of hydrogen-bond donors (Lipinski definition) is 2. The third-order valence-electron chi connectivity index (χ3n) is 7.46. The van der Waals surface area contributed by atoms with Crippen LogP contribution in [-0.4, -0.2) is 26.4 Å². The Balaban J connectivity index is 1.19. The molecule has 0 saturated heterocycles. The molecular weight excluding hydrogens is 482 g/mol. The van der Waals surface area contributed by atoms with E-state index < -0.39 is 5.97 Å². The van der Waals surface area contributed by atoms with E-state index in [0.29, 0.717) is 36.4 Å². The molecule has 1 aliphatic carbocycles. The zero-order valence-corrected chi connectivity index (χ0v) is 22.1. The summed E-state index contributed by atoms with van der Waals surface area (Å²) in [6.45, 7) is 4.81. The SMILES string of the molecule is CC(C)c1ccc(CNC(=O)c2cn3cc(-c4ccc(C5CCC(CC(=O)O)CC5)cc4)sc3n2)cc1. The molecule has 7 heteroatoms. The minimum Gasteiger partial charge on any atom is -0.481 e. The number of carbonyl (C=O) groups is 2. The predicted octanol–water partition coefficient (Wildman–Crippen LogP) is 6.86. The van der Waals surface area contributed by atoms with E-state index in [1.807, 2.05) is 10.6 Å². The van der Waals surface area contributed by atoms with Crippen LogP contribution in [0.15, 0.2) is 60.9 Å². The van der Waals surface area contributed by atoms with Gasteiger partial charge in [-0.3, -0.25) is 14.0 Å². The van der Waals surface area contributed by atoms with Gasteiger partial charge in [0.05, 0.1) is 4.88 Å². The zero-order valence-electron chi connectivity index (χ0n) is 21.3. The van der Waals surface area contributed by atoms with Crippen LogP contribution in [0.1, 0.15) is 85.0 Å². The Morgan fingerprint density at radius 1 is 1.03 bits per heavy atom. The second-order valence-corrected chi connectivity index (χ2v) is 11.4. The summed E-state index contributed by atoms with van der Waals surface area (Å²) in [5.41, 5.74) is 5.24. The molecule has 0 spiro atoms. The molecule has 2 heterocycles. The smallest absolute Gasteiger partial charge is 0.303 e. The van der Waals surface area contributed by atoms with Crippen LogP contribution < -0.4 is 5.32 Å². The van der Waals surface area contributed by atoms with Crippen LogP contribution in [0.2, 0.25) is 0 Å². The molecule has 0 radical (unpaired) electrons. The van der Waals surface area contributed by atoms with Crippen LogP contribution in [0.4, 0.5) is 0 Å². The van der Waals surface area contributed by atoms with Gasteiger partial charge in [0.25, 0.3) is 5.91 Å². The molecule has 1 aliphatic rings. The Morgan fingerprint density at radius 2 is 1.73 bits per heavy atom. The van der Waals surface area contributed by atoms with Gasteiger partial charge < -0.3 is 10.4 Å². The first-order valence-electron chi connectivity index (χ1n) is 13.0. The standard InChI is InChI=1S/C30H33N3O3S/c1-19(2)22-7-5-21(6-8-22)16-31-29(36)26-17-33-18-27(37-30(33)32-26)25-13-11-24(12-14-25)23-9-3-20(4-10-23)15-28(34)35/h5-8,11-14,17-20,23H,3-4,9-10,15-16H2,1-2H3,(H,31,36)(H,34,35). The maximum Gasteiger partial charge on any atom is 0.303 e. The number of carbonyl (C=O) groups excluding carboxylic acids is 1. The van der Waals surface area contributed by atoms with Gasteiger partial charge in [-0.15, -0.1) is 0 Å². The number of imidazole rings is 1. The number of fused-ring (bicyclic) bond motifs is 1. The van der Waals surface area contributed by atoms with Gasteiger partial charge in [-0.05, 0) is 65.7 Å². The number of carboxylic acids is 1. The van der Waals surface area contributed by atoms with Crippen molar-refractivity contribution in [3.8, 4) is 10.4 Å². The average molecular weight is 516 g/mol. The number of nitrogens with zero attached hydrogens (tertiary/aromatic N) is 2. The normalized spacial score (nSPS) is 17.8. The minimum absolute atomic E-state index is 0.173. The molecule has 1 fully saturated rings. The molecule has 0 bridgehead atoms. The third kappa shape index (κ3) is 5.93. The Bertz CT molecular complexity index is 1350. The Kier molecular flexibility index (Phi) is 7.42. The largest absolute Gasteiger partial charge is 0.481 e. The summed E-state index contributed by atoms with van der Waals surface area (Å²) < 4.78 is 1.92. The van der Waals surface area contributed by atoms with Gasteiger partial charge in [0, 0.05) is 25.4 Å². The molecule has 0 unspecified atom stereocenters. The minimum atomic E-state index is -0.685. The number of amides is 1. The molecule has 0 atom stereocenters. The van der Waals surface area contributed by atoms with Gasteiger partial charge in [0.1, 0.15) is 5.69 Å². The van der Waals surface area contributed by atoms with E-state index in [0.717, 1.165) is 46.6 Å². The van der Waals surface area contributed by atoms with Crippen molar-refractivity contribution in [1.82, 2.24) is 14.7 Å². The highest BCUT2D eigenvalue weighted by Gasteiger charge is 2.24. The second kappa shape index (κ2) is 10.9. The molecule has 1 amide bonds. The van der Waals surface area contributed by atoms with Crippen LogP contribution in [0, 0.1) is 5.92 Å². The lowest BCUT2D eigenvalue weighted by Gasteiger charge is -2.28. The zero-order chi connectivity index (χ0) is 25.9. The van der Waals surface area contributed by atoms with E-state index in [9.17, 15) is 9.59 Å². The maximum atomic E-state index is 12.7. The molecule has 2 aromatic carbocycles. The number of carboxylic acid groups (broad SMARTS) is 1. The lowest BCUT2D eigenvalue weighted by atomic mass is 9.77. The topological polar surface area (TPSA) is 83.7 Å². The van der Waals surface area contributed by atoms with Crippen molar-refractivity contribution in [2.45, 2.75) is 64.3 Å². The Hall–Kier alpha value is -3.45. The molecule has 5 rings (SSSR count). The van der Waals surface area contributed by atoms with E-state index in [-0.39, 0.29) is 5.91 Å². The highest BCUT2D eigenvalue weighted by molar-refractivity contribution is 7.20. The predicted molar refractivity (Wildman–Crippen MR) is 147 cm³/mol. The van der Waals surface area contributed by atoms with Gasteiger partial charge in [-0.1, -0.05) is 73.7 Å². The maximum absolute atomic E-state index is 12.7. The van der Waals surface area contributed by atoms with Gasteiger partial charge in [0.15, 0.2) is 4.96 Å². The molecule has 192 valence electrons. The van der Waals surface area contributed by atoms with Gasteiger partial charge >= 0.3 is 5.97 Å². The van der Waals surface area contributed by atoms with Gasteiger partial charge in [0.2, 0.25) is 0 Å². The monoisotopic (exact) mass is 515 g/mol. The first-order chi connectivity index (χ1) is 17.9. The van der Waals surface area contributed by atoms with E-state index in [1.165, 1.54) is 11.1 Å². The van der Waals surface area contributed by atoms with E-state index in [2.05, 4.69) is 72.7 Å². The van der Waals surface area contributed by atoms with Crippen molar-refractivity contribution >= 4 is 28.2 Å². The van der Waals surface area contributed by atoms with Gasteiger partial charge in [-0.2, -0.15) is 0 Å². The van der Waals surface area contributed by atoms with Crippen LogP contribution in [0.25, 0.3) is 15.4 Å². The van der Waals surface area contributed by atoms with Crippen molar-refractivity contribution in [2.24, 2.45) is 5.92 Å². The van der Waals surface area contributed by atoms with Crippen molar-refractivity contribution in [3.05, 3.63) is 83.3 Å². The lowest BCUT2D eigenvalue weighted by molar-refractivity contribution is -0.138. The fourth-order valence-corrected chi connectivity index (χ4v) is 6.17. The highest BCUT2D eigenvalue weighted by Crippen LogP contribution is 2.38. The molecule has 2 aromatic heterocycles. The number of aromatic nitrogens is 2. The van der Waals surface area contributed by atoms with Crippen molar-refractivity contribution in [2.75, 3.05) is 0 Å². The highest BCUT2D eigenvalue weighted by atomic mass is 32.1.